The second kappa shape index (κ2) is 11.8. The Morgan fingerprint density at radius 1 is 0.684 bits per heavy atom. The van der Waals surface area contributed by atoms with Gasteiger partial charge >= 0.3 is 5.97 Å². The van der Waals surface area contributed by atoms with Crippen LogP contribution >= 0.6 is 11.6 Å². The Labute approximate surface area is 227 Å². The molecule has 0 aliphatic carbocycles. The number of hydrogen-bond donors (Lipinski definition) is 1. The Bertz CT molecular complexity index is 1550. The average molecular weight is 523 g/mol. The first kappa shape index (κ1) is 25.4. The molecule has 5 aromatic carbocycles. The van der Waals surface area contributed by atoms with Crippen molar-refractivity contribution >= 4 is 28.3 Å². The molecule has 0 bridgehead atoms. The first-order chi connectivity index (χ1) is 18.6. The molecule has 0 fully saturated rings. The van der Waals surface area contributed by atoms with Crippen molar-refractivity contribution in [3.63, 3.8) is 0 Å². The number of ether oxygens (including phenoxy) is 2. The van der Waals surface area contributed by atoms with Crippen molar-refractivity contribution in [2.24, 2.45) is 0 Å². The molecule has 0 amide bonds. The largest absolute Gasteiger partial charge is 0.489 e. The van der Waals surface area contributed by atoms with Gasteiger partial charge in [-0.15, -0.1) is 0 Å². The number of aliphatic carboxylic acids is 1. The molecule has 0 spiro atoms. The second-order valence-corrected chi connectivity index (χ2v) is 9.52. The maximum absolute atomic E-state index is 11.3. The summed E-state index contributed by atoms with van der Waals surface area (Å²) in [4.78, 5) is 11.3. The van der Waals surface area contributed by atoms with E-state index >= 15 is 0 Å². The lowest BCUT2D eigenvalue weighted by molar-refractivity contribution is -0.139. The van der Waals surface area contributed by atoms with E-state index in [1.807, 2.05) is 84.9 Å². The van der Waals surface area contributed by atoms with Gasteiger partial charge in [-0.1, -0.05) is 96.5 Å². The number of halogens is 1. The lowest BCUT2D eigenvalue weighted by Gasteiger charge is -2.18. The first-order valence-corrected chi connectivity index (χ1v) is 12.8. The highest BCUT2D eigenvalue weighted by molar-refractivity contribution is 6.31. The normalized spacial score (nSPS) is 10.9. The van der Waals surface area contributed by atoms with Crippen LogP contribution in [0.25, 0.3) is 10.8 Å². The molecule has 5 aromatic rings. The molecular weight excluding hydrogens is 496 g/mol. The van der Waals surface area contributed by atoms with E-state index in [0.717, 1.165) is 45.2 Å². The van der Waals surface area contributed by atoms with E-state index in [9.17, 15) is 9.90 Å². The Balaban J connectivity index is 1.62. The number of benzene rings is 5. The van der Waals surface area contributed by atoms with Gasteiger partial charge in [-0.05, 0) is 57.3 Å². The van der Waals surface area contributed by atoms with Crippen molar-refractivity contribution in [1.82, 2.24) is 0 Å². The van der Waals surface area contributed by atoms with E-state index < -0.39 is 12.6 Å². The van der Waals surface area contributed by atoms with Crippen molar-refractivity contribution in [3.05, 3.63) is 142 Å². The molecule has 0 aliphatic rings. The molecule has 0 aromatic heterocycles. The quantitative estimate of drug-likeness (QED) is 0.204. The van der Waals surface area contributed by atoms with Crippen molar-refractivity contribution in [2.45, 2.75) is 19.4 Å². The summed E-state index contributed by atoms with van der Waals surface area (Å²) in [6.45, 7) is 0.00761. The minimum atomic E-state index is -1.03. The van der Waals surface area contributed by atoms with Crippen molar-refractivity contribution in [3.8, 4) is 11.5 Å². The summed E-state index contributed by atoms with van der Waals surface area (Å²) in [6.07, 6.45) is 1.21. The summed E-state index contributed by atoms with van der Waals surface area (Å²) < 4.78 is 12.1. The van der Waals surface area contributed by atoms with Gasteiger partial charge in [-0.2, -0.15) is 0 Å². The molecule has 4 nitrogen and oxygen atoms in total. The Hall–Kier alpha value is -4.28. The SMILES string of the molecule is O=C(O)COc1ccc2cc(Cc3ccccc3)c(OCc3ccccc3)cc2c1Cc1ccccc1Cl. The molecule has 0 aliphatic heterocycles. The Morgan fingerprint density at radius 3 is 2.08 bits per heavy atom. The number of rotatable bonds is 10. The predicted octanol–water partition coefficient (Wildman–Crippen LogP) is 7.72. The van der Waals surface area contributed by atoms with E-state index in [1.54, 1.807) is 0 Å². The predicted molar refractivity (Wildman–Crippen MR) is 151 cm³/mol. The summed E-state index contributed by atoms with van der Waals surface area (Å²) in [5.41, 5.74) is 5.14. The first-order valence-electron chi connectivity index (χ1n) is 12.4. The van der Waals surface area contributed by atoms with Gasteiger partial charge in [0, 0.05) is 23.4 Å². The fourth-order valence-corrected chi connectivity index (χ4v) is 4.76. The maximum Gasteiger partial charge on any atom is 0.341 e. The average Bonchev–Trinajstić information content (AvgIpc) is 2.93. The Kier molecular flexibility index (Phi) is 7.91. The zero-order valence-corrected chi connectivity index (χ0v) is 21.5. The fraction of sp³-hybridized carbons (Fsp3) is 0.121. The lowest BCUT2D eigenvalue weighted by atomic mass is 9.94. The summed E-state index contributed by atoms with van der Waals surface area (Å²) in [6, 6.07) is 36.0. The summed E-state index contributed by atoms with van der Waals surface area (Å²) in [5.74, 6) is 0.268. The number of carboxylic acid groups (broad SMARTS) is 1. The third-order valence-corrected chi connectivity index (χ3v) is 6.79. The van der Waals surface area contributed by atoms with Crippen LogP contribution in [0.1, 0.15) is 27.8 Å². The van der Waals surface area contributed by atoms with Crippen LogP contribution in [0.3, 0.4) is 0 Å². The van der Waals surface area contributed by atoms with Crippen molar-refractivity contribution in [1.29, 1.82) is 0 Å². The number of hydrogen-bond acceptors (Lipinski definition) is 3. The molecule has 5 heteroatoms. The van der Waals surface area contributed by atoms with E-state index in [0.29, 0.717) is 23.8 Å². The minimum absolute atomic E-state index is 0.426. The maximum atomic E-state index is 11.3. The van der Waals surface area contributed by atoms with Crippen LogP contribution in [-0.2, 0) is 24.2 Å². The van der Waals surface area contributed by atoms with Crippen LogP contribution in [0.15, 0.2) is 109 Å². The van der Waals surface area contributed by atoms with Crippen molar-refractivity contribution in [2.75, 3.05) is 6.61 Å². The number of fused-ring (bicyclic) bond motifs is 1. The van der Waals surface area contributed by atoms with E-state index in [2.05, 4.69) is 24.3 Å². The van der Waals surface area contributed by atoms with Gasteiger partial charge in [0.2, 0.25) is 0 Å². The number of carbonyl (C=O) groups is 1. The van der Waals surface area contributed by atoms with Crippen LogP contribution in [0, 0.1) is 0 Å². The Morgan fingerprint density at radius 2 is 1.37 bits per heavy atom. The molecule has 190 valence electrons. The van der Waals surface area contributed by atoms with Gasteiger partial charge in [0.1, 0.15) is 18.1 Å². The van der Waals surface area contributed by atoms with Crippen LogP contribution in [-0.4, -0.2) is 17.7 Å². The van der Waals surface area contributed by atoms with Gasteiger partial charge < -0.3 is 14.6 Å². The third-order valence-electron chi connectivity index (χ3n) is 6.42. The highest BCUT2D eigenvalue weighted by Gasteiger charge is 2.16. The van der Waals surface area contributed by atoms with Gasteiger partial charge in [0.25, 0.3) is 0 Å². The molecule has 0 atom stereocenters. The van der Waals surface area contributed by atoms with Gasteiger partial charge in [0.15, 0.2) is 6.61 Å². The lowest BCUT2D eigenvalue weighted by Crippen LogP contribution is -2.11. The van der Waals surface area contributed by atoms with Gasteiger partial charge in [-0.3, -0.25) is 0 Å². The molecular formula is C33H27ClO4. The molecule has 0 saturated carbocycles. The highest BCUT2D eigenvalue weighted by Crippen LogP contribution is 2.37. The molecule has 38 heavy (non-hydrogen) atoms. The van der Waals surface area contributed by atoms with E-state index in [-0.39, 0.29) is 0 Å². The van der Waals surface area contributed by atoms with E-state index in [1.165, 1.54) is 5.56 Å². The molecule has 5 rings (SSSR count). The van der Waals surface area contributed by atoms with E-state index in [4.69, 9.17) is 21.1 Å². The zero-order chi connectivity index (χ0) is 26.3. The van der Waals surface area contributed by atoms with Crippen molar-refractivity contribution < 1.29 is 19.4 Å². The summed E-state index contributed by atoms with van der Waals surface area (Å²) >= 11 is 6.51. The van der Waals surface area contributed by atoms with Crippen LogP contribution in [0.2, 0.25) is 5.02 Å². The van der Waals surface area contributed by atoms with Crippen LogP contribution in [0.5, 0.6) is 11.5 Å². The van der Waals surface area contributed by atoms with Gasteiger partial charge in [-0.25, -0.2) is 4.79 Å². The van der Waals surface area contributed by atoms with Gasteiger partial charge in [0.05, 0.1) is 0 Å². The van der Waals surface area contributed by atoms with Crippen LogP contribution < -0.4 is 9.47 Å². The summed E-state index contributed by atoms with van der Waals surface area (Å²) in [7, 11) is 0. The molecule has 0 saturated heterocycles. The standard InChI is InChI=1S/C33H27ClO4/c34-30-14-8-7-13-26(30)19-29-28-20-32(37-21-24-11-5-2-6-12-24)27(17-23-9-3-1-4-10-23)18-25(28)15-16-31(29)38-22-33(35)36/h1-16,18,20H,17,19,21-22H2,(H,35,36). The number of carboxylic acids is 1. The highest BCUT2D eigenvalue weighted by atomic mass is 35.5. The smallest absolute Gasteiger partial charge is 0.341 e. The molecule has 0 unspecified atom stereocenters. The summed E-state index contributed by atoms with van der Waals surface area (Å²) in [5, 5.41) is 11.9. The molecule has 0 radical (unpaired) electrons. The minimum Gasteiger partial charge on any atom is -0.489 e. The fourth-order valence-electron chi connectivity index (χ4n) is 4.55. The third kappa shape index (κ3) is 6.16. The monoisotopic (exact) mass is 522 g/mol. The molecule has 1 N–H and O–H groups in total. The topological polar surface area (TPSA) is 55.8 Å². The van der Waals surface area contributed by atoms with Crippen LogP contribution in [0.4, 0.5) is 0 Å². The zero-order valence-electron chi connectivity index (χ0n) is 20.8. The second-order valence-electron chi connectivity index (χ2n) is 9.11. The molecule has 0 heterocycles.